The predicted octanol–water partition coefficient (Wildman–Crippen LogP) is 6.35. The van der Waals surface area contributed by atoms with Crippen LogP contribution in [0.15, 0.2) is 85.2 Å². The summed E-state index contributed by atoms with van der Waals surface area (Å²) in [6.07, 6.45) is 3.49. The van der Waals surface area contributed by atoms with E-state index in [4.69, 9.17) is 9.47 Å². The molecule has 0 saturated carbocycles. The first-order valence-corrected chi connectivity index (χ1v) is 9.07. The van der Waals surface area contributed by atoms with Gasteiger partial charge in [-0.2, -0.15) is 0 Å². The van der Waals surface area contributed by atoms with Gasteiger partial charge in [0.25, 0.3) is 0 Å². The Morgan fingerprint density at radius 3 is 1.46 bits per heavy atom. The second-order valence-electron chi connectivity index (χ2n) is 6.60. The van der Waals surface area contributed by atoms with Crippen LogP contribution in [0.3, 0.4) is 0 Å². The predicted molar refractivity (Wildman–Crippen MR) is 110 cm³/mol. The summed E-state index contributed by atoms with van der Waals surface area (Å²) in [6, 6.07) is 23.6. The zero-order valence-electron chi connectivity index (χ0n) is 15.8. The lowest BCUT2D eigenvalue weighted by molar-refractivity contribution is 0.461. The minimum atomic E-state index is 0.583. The van der Waals surface area contributed by atoms with Crippen LogP contribution in [0.2, 0.25) is 0 Å². The van der Waals surface area contributed by atoms with Crippen molar-refractivity contribution >= 4 is 0 Å². The van der Waals surface area contributed by atoms with Crippen molar-refractivity contribution in [2.24, 2.45) is 0 Å². The van der Waals surface area contributed by atoms with Gasteiger partial charge in [0.2, 0.25) is 11.8 Å². The van der Waals surface area contributed by atoms with Crippen LogP contribution in [0.4, 0.5) is 0 Å². The molecule has 0 N–H and O–H groups in total. The Balaban J connectivity index is 1.57. The monoisotopic (exact) mass is 368 g/mol. The third-order valence-corrected chi connectivity index (χ3v) is 4.23. The molecule has 2 heterocycles. The molecule has 4 rings (SSSR count). The van der Waals surface area contributed by atoms with E-state index >= 15 is 0 Å². The molecule has 4 aromatic rings. The summed E-state index contributed by atoms with van der Waals surface area (Å²) in [7, 11) is 0. The lowest BCUT2D eigenvalue weighted by atomic mass is 10.1. The zero-order valence-corrected chi connectivity index (χ0v) is 15.8. The van der Waals surface area contributed by atoms with Crippen molar-refractivity contribution in [2.75, 3.05) is 0 Å². The SMILES string of the molecule is Cc1ccnc(Oc2cccc(-c3cccc(Oc4cc(C)ccn4)c3)c2)c1. The lowest BCUT2D eigenvalue weighted by Gasteiger charge is -2.10. The molecule has 0 aliphatic carbocycles. The number of hydrogen-bond acceptors (Lipinski definition) is 4. The normalized spacial score (nSPS) is 10.5. The molecule has 0 aliphatic heterocycles. The fourth-order valence-electron chi connectivity index (χ4n) is 2.85. The molecule has 0 fully saturated rings. The summed E-state index contributed by atoms with van der Waals surface area (Å²) in [6.45, 7) is 4.03. The molecule has 0 unspecified atom stereocenters. The maximum atomic E-state index is 5.91. The summed E-state index contributed by atoms with van der Waals surface area (Å²) >= 11 is 0. The summed E-state index contributed by atoms with van der Waals surface area (Å²) in [4.78, 5) is 8.51. The minimum absolute atomic E-state index is 0.583. The van der Waals surface area contributed by atoms with Gasteiger partial charge in [0, 0.05) is 24.5 Å². The quantitative estimate of drug-likeness (QED) is 0.412. The highest BCUT2D eigenvalue weighted by atomic mass is 16.5. The zero-order chi connectivity index (χ0) is 19.3. The topological polar surface area (TPSA) is 44.2 Å². The first-order valence-electron chi connectivity index (χ1n) is 9.07. The average Bonchev–Trinajstić information content (AvgIpc) is 2.68. The van der Waals surface area contributed by atoms with E-state index < -0.39 is 0 Å². The fourth-order valence-corrected chi connectivity index (χ4v) is 2.85. The second kappa shape index (κ2) is 7.92. The maximum absolute atomic E-state index is 5.91. The molecular weight excluding hydrogens is 348 g/mol. The van der Waals surface area contributed by atoms with Gasteiger partial charge in [0.15, 0.2) is 0 Å². The van der Waals surface area contributed by atoms with E-state index in [2.05, 4.69) is 9.97 Å². The summed E-state index contributed by atoms with van der Waals surface area (Å²) < 4.78 is 11.8. The highest BCUT2D eigenvalue weighted by Gasteiger charge is 2.05. The van der Waals surface area contributed by atoms with Crippen molar-refractivity contribution in [3.8, 4) is 34.4 Å². The summed E-state index contributed by atoms with van der Waals surface area (Å²) in [5, 5.41) is 0. The van der Waals surface area contributed by atoms with Crippen molar-refractivity contribution in [2.45, 2.75) is 13.8 Å². The Kier molecular flexibility index (Phi) is 5.02. The van der Waals surface area contributed by atoms with Crippen LogP contribution in [0.5, 0.6) is 23.3 Å². The molecule has 0 spiro atoms. The van der Waals surface area contributed by atoms with Crippen molar-refractivity contribution in [3.63, 3.8) is 0 Å². The van der Waals surface area contributed by atoms with Crippen molar-refractivity contribution in [1.82, 2.24) is 9.97 Å². The number of benzene rings is 2. The van der Waals surface area contributed by atoms with Crippen LogP contribution < -0.4 is 9.47 Å². The highest BCUT2D eigenvalue weighted by molar-refractivity contribution is 5.66. The number of nitrogens with zero attached hydrogens (tertiary/aromatic N) is 2. The minimum Gasteiger partial charge on any atom is -0.439 e. The summed E-state index contributed by atoms with van der Waals surface area (Å²) in [5.74, 6) is 2.64. The van der Waals surface area contributed by atoms with Gasteiger partial charge in [-0.15, -0.1) is 0 Å². The van der Waals surface area contributed by atoms with Gasteiger partial charge in [-0.25, -0.2) is 9.97 Å². The number of aryl methyl sites for hydroxylation is 2. The molecule has 2 aromatic heterocycles. The van der Waals surface area contributed by atoms with E-state index in [1.807, 2.05) is 86.6 Å². The van der Waals surface area contributed by atoms with E-state index in [1.165, 1.54) is 0 Å². The second-order valence-corrected chi connectivity index (χ2v) is 6.60. The van der Waals surface area contributed by atoms with E-state index in [9.17, 15) is 0 Å². The van der Waals surface area contributed by atoms with Crippen LogP contribution in [0.1, 0.15) is 11.1 Å². The van der Waals surface area contributed by atoms with Crippen LogP contribution >= 0.6 is 0 Å². The standard InChI is InChI=1S/C24H20N2O2/c1-17-9-11-25-23(13-17)27-21-7-3-5-19(15-21)20-6-4-8-22(16-20)28-24-14-18(2)10-12-26-24/h3-16H,1-2H3. The first-order chi connectivity index (χ1) is 13.7. The third kappa shape index (κ3) is 4.35. The number of aromatic nitrogens is 2. The van der Waals surface area contributed by atoms with Gasteiger partial charge in [-0.3, -0.25) is 0 Å². The maximum Gasteiger partial charge on any atom is 0.219 e. The largest absolute Gasteiger partial charge is 0.439 e. The highest BCUT2D eigenvalue weighted by Crippen LogP contribution is 2.30. The van der Waals surface area contributed by atoms with E-state index in [1.54, 1.807) is 12.4 Å². The molecule has 4 heteroatoms. The molecule has 0 radical (unpaired) electrons. The average molecular weight is 368 g/mol. The number of pyridine rings is 2. The molecule has 4 nitrogen and oxygen atoms in total. The Hall–Kier alpha value is -3.66. The van der Waals surface area contributed by atoms with Gasteiger partial charge >= 0.3 is 0 Å². The van der Waals surface area contributed by atoms with Crippen LogP contribution in [-0.2, 0) is 0 Å². The van der Waals surface area contributed by atoms with E-state index in [0.717, 1.165) is 33.8 Å². The molecule has 28 heavy (non-hydrogen) atoms. The van der Waals surface area contributed by atoms with E-state index in [0.29, 0.717) is 11.8 Å². The smallest absolute Gasteiger partial charge is 0.219 e. The molecule has 0 bridgehead atoms. The molecular formula is C24H20N2O2. The van der Waals surface area contributed by atoms with Gasteiger partial charge in [-0.05, 0) is 72.5 Å². The third-order valence-electron chi connectivity index (χ3n) is 4.23. The van der Waals surface area contributed by atoms with Crippen LogP contribution in [0.25, 0.3) is 11.1 Å². The van der Waals surface area contributed by atoms with E-state index in [-0.39, 0.29) is 0 Å². The Labute approximate surface area is 164 Å². The van der Waals surface area contributed by atoms with Crippen LogP contribution in [-0.4, -0.2) is 9.97 Å². The number of hydrogen-bond donors (Lipinski definition) is 0. The van der Waals surface area contributed by atoms with Crippen molar-refractivity contribution in [1.29, 1.82) is 0 Å². The summed E-state index contributed by atoms with van der Waals surface area (Å²) in [5.41, 5.74) is 4.28. The fraction of sp³-hybridized carbons (Fsp3) is 0.0833. The van der Waals surface area contributed by atoms with Crippen molar-refractivity contribution < 1.29 is 9.47 Å². The Morgan fingerprint density at radius 1 is 0.571 bits per heavy atom. The molecule has 138 valence electrons. The molecule has 2 aromatic carbocycles. The lowest BCUT2D eigenvalue weighted by Crippen LogP contribution is -1.90. The molecule has 0 aliphatic rings. The molecule has 0 atom stereocenters. The van der Waals surface area contributed by atoms with Gasteiger partial charge in [0.05, 0.1) is 0 Å². The van der Waals surface area contributed by atoms with Crippen LogP contribution in [0, 0.1) is 13.8 Å². The Morgan fingerprint density at radius 2 is 1.04 bits per heavy atom. The van der Waals surface area contributed by atoms with Gasteiger partial charge in [-0.1, -0.05) is 24.3 Å². The van der Waals surface area contributed by atoms with Gasteiger partial charge in [0.1, 0.15) is 11.5 Å². The number of ether oxygens (including phenoxy) is 2. The molecule has 0 saturated heterocycles. The van der Waals surface area contributed by atoms with Crippen molar-refractivity contribution in [3.05, 3.63) is 96.3 Å². The van der Waals surface area contributed by atoms with Gasteiger partial charge < -0.3 is 9.47 Å². The number of rotatable bonds is 5. The first kappa shape index (κ1) is 17.7. The Bertz CT molecular complexity index is 1020. The molecule has 0 amide bonds.